The second-order valence-corrected chi connectivity index (χ2v) is 7.61. The van der Waals surface area contributed by atoms with Gasteiger partial charge in [0.1, 0.15) is 11.8 Å². The highest BCUT2D eigenvalue weighted by Gasteiger charge is 2.62. The first-order valence-corrected chi connectivity index (χ1v) is 8.53. The van der Waals surface area contributed by atoms with Crippen molar-refractivity contribution in [2.24, 2.45) is 5.16 Å². The number of alkyl halides is 3. The Kier molecular flexibility index (Phi) is 4.48. The molecule has 0 N–H and O–H groups in total. The van der Waals surface area contributed by atoms with E-state index in [0.717, 1.165) is 0 Å². The van der Waals surface area contributed by atoms with Crippen molar-refractivity contribution in [1.82, 2.24) is 0 Å². The number of aryl methyl sites for hydroxylation is 1. The summed E-state index contributed by atoms with van der Waals surface area (Å²) in [5, 5.41) is 12.8. The Bertz CT molecular complexity index is 897. The molecule has 3 rings (SSSR count). The van der Waals surface area contributed by atoms with E-state index in [4.69, 9.17) is 33.3 Å². The molecule has 0 saturated heterocycles. The summed E-state index contributed by atoms with van der Waals surface area (Å²) < 4.78 is 41.6. The SMILES string of the molecule is Cc1sc(C2=NO[C@@](c3cc(Cl)cc(Cl)c3)(C(F)(F)F)C2)cc1C#N. The fourth-order valence-corrected chi connectivity index (χ4v) is 4.03. The maximum Gasteiger partial charge on any atom is 0.435 e. The number of nitrogens with zero attached hydrogens (tertiary/aromatic N) is 2. The summed E-state index contributed by atoms with van der Waals surface area (Å²) in [7, 11) is 0. The van der Waals surface area contributed by atoms with Gasteiger partial charge in [0.15, 0.2) is 0 Å². The average Bonchev–Trinajstić information content (AvgIpc) is 3.10. The second kappa shape index (κ2) is 6.20. The summed E-state index contributed by atoms with van der Waals surface area (Å²) in [6.07, 6.45) is -5.27. The predicted molar refractivity (Wildman–Crippen MR) is 90.2 cm³/mol. The Hall–Kier alpha value is -1.75. The lowest BCUT2D eigenvalue weighted by Crippen LogP contribution is -2.42. The third-order valence-electron chi connectivity index (χ3n) is 3.84. The molecule has 1 atom stereocenters. The minimum absolute atomic E-state index is 0.0712. The minimum atomic E-state index is -4.74. The van der Waals surface area contributed by atoms with Gasteiger partial charge in [-0.1, -0.05) is 28.4 Å². The normalized spacial score (nSPS) is 20.1. The Labute approximate surface area is 155 Å². The third kappa shape index (κ3) is 3.10. The fourth-order valence-electron chi connectivity index (χ4n) is 2.56. The van der Waals surface area contributed by atoms with Crippen LogP contribution in [0.4, 0.5) is 13.2 Å². The van der Waals surface area contributed by atoms with Crippen LogP contribution in [0.5, 0.6) is 0 Å². The van der Waals surface area contributed by atoms with Crippen LogP contribution in [-0.4, -0.2) is 11.9 Å². The van der Waals surface area contributed by atoms with Crippen molar-refractivity contribution in [1.29, 1.82) is 5.26 Å². The van der Waals surface area contributed by atoms with Crippen molar-refractivity contribution in [3.05, 3.63) is 55.2 Å². The zero-order chi connectivity index (χ0) is 18.4. The van der Waals surface area contributed by atoms with Gasteiger partial charge >= 0.3 is 6.18 Å². The quantitative estimate of drug-likeness (QED) is 0.632. The van der Waals surface area contributed by atoms with E-state index in [-0.39, 0.29) is 21.3 Å². The van der Waals surface area contributed by atoms with Gasteiger partial charge in [0.25, 0.3) is 5.60 Å². The van der Waals surface area contributed by atoms with E-state index in [1.54, 1.807) is 6.92 Å². The molecule has 3 nitrogen and oxygen atoms in total. The topological polar surface area (TPSA) is 45.4 Å². The first kappa shape index (κ1) is 18.1. The van der Waals surface area contributed by atoms with Gasteiger partial charge in [0.2, 0.25) is 0 Å². The Morgan fingerprint density at radius 2 is 1.88 bits per heavy atom. The molecule has 0 bridgehead atoms. The van der Waals surface area contributed by atoms with Gasteiger partial charge in [-0.25, -0.2) is 0 Å². The molecule has 0 radical (unpaired) electrons. The molecular formula is C16H9Cl2F3N2OS. The lowest BCUT2D eigenvalue weighted by molar-refractivity contribution is -0.275. The molecule has 130 valence electrons. The van der Waals surface area contributed by atoms with Crippen LogP contribution in [0.2, 0.25) is 10.0 Å². The standard InChI is InChI=1S/C16H9Cl2F3N2OS/c1-8-9(7-22)2-14(25-8)13-6-15(24-23-13,16(19,20)21)10-3-11(17)5-12(18)4-10/h2-5H,6H2,1H3/t15-/m0/s1. The molecular weight excluding hydrogens is 396 g/mol. The van der Waals surface area contributed by atoms with Crippen molar-refractivity contribution < 1.29 is 18.0 Å². The second-order valence-electron chi connectivity index (χ2n) is 5.48. The zero-order valence-corrected chi connectivity index (χ0v) is 14.9. The largest absolute Gasteiger partial charge is 0.435 e. The highest BCUT2D eigenvalue weighted by molar-refractivity contribution is 7.14. The van der Waals surface area contributed by atoms with Crippen molar-refractivity contribution >= 4 is 40.3 Å². The summed E-state index contributed by atoms with van der Waals surface area (Å²) >= 11 is 12.9. The van der Waals surface area contributed by atoms with Crippen molar-refractivity contribution in [3.8, 4) is 6.07 Å². The highest BCUT2D eigenvalue weighted by Crippen LogP contribution is 2.50. The van der Waals surface area contributed by atoms with Gasteiger partial charge in [-0.3, -0.25) is 0 Å². The first-order valence-electron chi connectivity index (χ1n) is 6.95. The monoisotopic (exact) mass is 404 g/mol. The molecule has 2 heterocycles. The number of hydrogen-bond acceptors (Lipinski definition) is 4. The molecule has 0 fully saturated rings. The Morgan fingerprint density at radius 1 is 1.24 bits per heavy atom. The molecule has 25 heavy (non-hydrogen) atoms. The van der Waals surface area contributed by atoms with Crippen LogP contribution in [0.1, 0.15) is 27.3 Å². The van der Waals surface area contributed by atoms with Gasteiger partial charge in [0, 0.05) is 20.5 Å². The highest BCUT2D eigenvalue weighted by atomic mass is 35.5. The summed E-state index contributed by atoms with van der Waals surface area (Å²) in [5.74, 6) is 0. The van der Waals surface area contributed by atoms with Gasteiger partial charge in [-0.05, 0) is 31.2 Å². The number of benzene rings is 1. The summed E-state index contributed by atoms with van der Waals surface area (Å²) in [4.78, 5) is 6.09. The van der Waals surface area contributed by atoms with Gasteiger partial charge < -0.3 is 4.84 Å². The maximum atomic E-state index is 13.9. The molecule has 1 aromatic carbocycles. The number of oxime groups is 1. The smallest absolute Gasteiger partial charge is 0.374 e. The molecule has 0 amide bonds. The van der Waals surface area contributed by atoms with E-state index < -0.39 is 18.2 Å². The van der Waals surface area contributed by atoms with E-state index in [0.29, 0.717) is 15.3 Å². The molecule has 0 spiro atoms. The molecule has 1 aliphatic rings. The lowest BCUT2D eigenvalue weighted by Gasteiger charge is -2.29. The summed E-state index contributed by atoms with van der Waals surface area (Å²) in [5.41, 5.74) is -2.35. The van der Waals surface area contributed by atoms with E-state index in [1.165, 1.54) is 35.6 Å². The van der Waals surface area contributed by atoms with E-state index in [2.05, 4.69) is 5.16 Å². The number of halogens is 5. The van der Waals surface area contributed by atoms with E-state index in [1.807, 2.05) is 6.07 Å². The van der Waals surface area contributed by atoms with Gasteiger partial charge in [0.05, 0.1) is 16.9 Å². The Morgan fingerprint density at radius 3 is 2.40 bits per heavy atom. The Balaban J connectivity index is 2.05. The number of rotatable bonds is 2. The van der Waals surface area contributed by atoms with Crippen LogP contribution in [0.3, 0.4) is 0 Å². The van der Waals surface area contributed by atoms with E-state index >= 15 is 0 Å². The zero-order valence-electron chi connectivity index (χ0n) is 12.6. The average molecular weight is 405 g/mol. The molecule has 2 aromatic rings. The van der Waals surface area contributed by atoms with E-state index in [9.17, 15) is 13.2 Å². The number of hydrogen-bond donors (Lipinski definition) is 0. The maximum absolute atomic E-state index is 13.9. The molecule has 1 aromatic heterocycles. The van der Waals surface area contributed by atoms with Gasteiger partial charge in [-0.2, -0.15) is 18.4 Å². The lowest BCUT2D eigenvalue weighted by atomic mass is 9.88. The molecule has 0 saturated carbocycles. The van der Waals surface area contributed by atoms with Crippen LogP contribution >= 0.6 is 34.5 Å². The molecule has 0 aliphatic carbocycles. The molecule has 1 aliphatic heterocycles. The summed E-state index contributed by atoms with van der Waals surface area (Å²) in [6, 6.07) is 7.18. The number of thiophene rings is 1. The van der Waals surface area contributed by atoms with Crippen LogP contribution in [-0.2, 0) is 10.4 Å². The molecule has 0 unspecified atom stereocenters. The van der Waals surface area contributed by atoms with Crippen molar-refractivity contribution in [2.75, 3.05) is 0 Å². The first-order chi connectivity index (χ1) is 11.7. The predicted octanol–water partition coefficient (Wildman–Crippen LogP) is 5.82. The summed E-state index contributed by atoms with van der Waals surface area (Å²) in [6.45, 7) is 1.72. The fraction of sp³-hybridized carbons (Fsp3) is 0.250. The van der Waals surface area contributed by atoms with Gasteiger partial charge in [-0.15, -0.1) is 11.3 Å². The van der Waals surface area contributed by atoms with Crippen molar-refractivity contribution in [2.45, 2.75) is 25.1 Å². The minimum Gasteiger partial charge on any atom is -0.374 e. The number of nitriles is 1. The van der Waals surface area contributed by atoms with Crippen molar-refractivity contribution in [3.63, 3.8) is 0 Å². The molecule has 9 heteroatoms. The van der Waals surface area contributed by atoms with Crippen LogP contribution in [0, 0.1) is 18.3 Å². The van der Waals surface area contributed by atoms with Crippen LogP contribution in [0.25, 0.3) is 0 Å². The van der Waals surface area contributed by atoms with Crippen LogP contribution in [0.15, 0.2) is 29.4 Å². The van der Waals surface area contributed by atoms with Crippen LogP contribution < -0.4 is 0 Å². The third-order valence-corrected chi connectivity index (χ3v) is 5.37.